The van der Waals surface area contributed by atoms with Crippen LogP contribution in [0.3, 0.4) is 0 Å². The second-order valence-electron chi connectivity index (χ2n) is 7.79. The highest BCUT2D eigenvalue weighted by atomic mass is 16.3. The molecule has 0 saturated carbocycles. The van der Waals surface area contributed by atoms with E-state index >= 15 is 0 Å². The summed E-state index contributed by atoms with van der Waals surface area (Å²) in [7, 11) is 0. The summed E-state index contributed by atoms with van der Waals surface area (Å²) in [6, 6.07) is 9.88. The Bertz CT molecular complexity index is 627. The molecule has 4 saturated heterocycles. The highest BCUT2D eigenvalue weighted by Gasteiger charge is 2.31. The summed E-state index contributed by atoms with van der Waals surface area (Å²) in [5.41, 5.74) is 2.33. The molecular weight excluding hydrogens is 312 g/mol. The number of likely N-dealkylation sites (tertiary alicyclic amines) is 1. The Morgan fingerprint density at radius 3 is 2.32 bits per heavy atom. The lowest BCUT2D eigenvalue weighted by Gasteiger charge is -2.41. The lowest BCUT2D eigenvalue weighted by Crippen LogP contribution is -2.44. The van der Waals surface area contributed by atoms with E-state index in [1.54, 1.807) is 0 Å². The van der Waals surface area contributed by atoms with Crippen LogP contribution in [-0.4, -0.2) is 53.5 Å². The summed E-state index contributed by atoms with van der Waals surface area (Å²) < 4.78 is 0. The van der Waals surface area contributed by atoms with Crippen molar-refractivity contribution in [2.45, 2.75) is 31.8 Å². The molecule has 0 radical (unpaired) electrons. The Morgan fingerprint density at radius 2 is 1.72 bits per heavy atom. The fraction of sp³-hybridized carbons (Fsp3) is 0.571. The number of hydrogen-bond donors (Lipinski definition) is 1. The van der Waals surface area contributed by atoms with E-state index in [-0.39, 0.29) is 11.8 Å². The molecule has 4 fully saturated rings. The van der Waals surface area contributed by atoms with Crippen LogP contribution in [0.1, 0.15) is 37.4 Å². The van der Waals surface area contributed by atoms with Gasteiger partial charge in [-0.15, -0.1) is 0 Å². The third-order valence-electron chi connectivity index (χ3n) is 6.27. The van der Waals surface area contributed by atoms with Crippen LogP contribution in [0.25, 0.3) is 0 Å². The van der Waals surface area contributed by atoms with Crippen molar-refractivity contribution in [3.8, 4) is 0 Å². The van der Waals surface area contributed by atoms with Gasteiger partial charge < -0.3 is 10.0 Å². The molecule has 0 spiro atoms. The molecule has 25 heavy (non-hydrogen) atoms. The normalized spacial score (nSPS) is 29.8. The number of piperidine rings is 4. The molecule has 1 atom stereocenters. The number of carbonyl (C=O) groups excluding carboxylic acids is 1. The molecule has 1 amide bonds. The molecule has 134 valence electrons. The maximum atomic E-state index is 12.7. The van der Waals surface area contributed by atoms with Gasteiger partial charge >= 0.3 is 0 Å². The van der Waals surface area contributed by atoms with E-state index in [0.29, 0.717) is 5.92 Å². The van der Waals surface area contributed by atoms with Crippen molar-refractivity contribution in [1.82, 2.24) is 9.80 Å². The minimum absolute atomic E-state index is 0.177. The molecule has 4 nitrogen and oxygen atoms in total. The average molecular weight is 340 g/mol. The third kappa shape index (κ3) is 3.65. The van der Waals surface area contributed by atoms with Crippen LogP contribution in [0.2, 0.25) is 0 Å². The van der Waals surface area contributed by atoms with Crippen molar-refractivity contribution in [1.29, 1.82) is 0 Å². The van der Waals surface area contributed by atoms with Crippen molar-refractivity contribution in [2.75, 3.05) is 32.7 Å². The lowest BCUT2D eigenvalue weighted by molar-refractivity contribution is -0.128. The highest BCUT2D eigenvalue weighted by Crippen LogP contribution is 2.33. The second-order valence-corrected chi connectivity index (χ2v) is 7.79. The first-order chi connectivity index (χ1) is 12.2. The Balaban J connectivity index is 1.33. The van der Waals surface area contributed by atoms with Crippen LogP contribution >= 0.6 is 0 Å². The zero-order valence-corrected chi connectivity index (χ0v) is 14.8. The Hall–Kier alpha value is -1.65. The van der Waals surface area contributed by atoms with Crippen LogP contribution in [0.4, 0.5) is 0 Å². The van der Waals surface area contributed by atoms with Crippen LogP contribution in [0.15, 0.2) is 42.0 Å². The Morgan fingerprint density at radius 1 is 1.04 bits per heavy atom. The fourth-order valence-corrected chi connectivity index (χ4v) is 4.62. The zero-order chi connectivity index (χ0) is 17.2. The van der Waals surface area contributed by atoms with Crippen LogP contribution in [0.5, 0.6) is 0 Å². The van der Waals surface area contributed by atoms with Crippen molar-refractivity contribution in [3.63, 3.8) is 0 Å². The molecule has 5 rings (SSSR count). The third-order valence-corrected chi connectivity index (χ3v) is 6.27. The summed E-state index contributed by atoms with van der Waals surface area (Å²) in [4.78, 5) is 17.1. The van der Waals surface area contributed by atoms with Gasteiger partial charge in [-0.05, 0) is 61.7 Å². The number of fused-ring (bicyclic) bond motifs is 3. The number of aliphatic hydroxyl groups excluding tert-OH is 1. The molecule has 2 bridgehead atoms. The summed E-state index contributed by atoms with van der Waals surface area (Å²) in [6.45, 7) is 4.88. The maximum absolute atomic E-state index is 12.7. The van der Waals surface area contributed by atoms with E-state index in [0.717, 1.165) is 38.0 Å². The number of aliphatic hydroxyl groups is 1. The van der Waals surface area contributed by atoms with Crippen LogP contribution < -0.4 is 0 Å². The van der Waals surface area contributed by atoms with Gasteiger partial charge in [0.2, 0.25) is 5.91 Å². The molecule has 0 aliphatic carbocycles. The topological polar surface area (TPSA) is 43.8 Å². The van der Waals surface area contributed by atoms with Crippen LogP contribution in [-0.2, 0) is 4.79 Å². The Labute approximate surface area is 150 Å². The number of amides is 1. The number of carbonyl (C=O) groups is 1. The van der Waals surface area contributed by atoms with Gasteiger partial charge in [0.15, 0.2) is 0 Å². The Kier molecular flexibility index (Phi) is 4.91. The van der Waals surface area contributed by atoms with Gasteiger partial charge in [-0.1, -0.05) is 30.3 Å². The molecule has 1 N–H and O–H groups in total. The minimum Gasteiger partial charge on any atom is -0.388 e. The summed E-state index contributed by atoms with van der Waals surface area (Å²) in [5.74, 6) is 1.05. The number of benzene rings is 1. The predicted octanol–water partition coefficient (Wildman–Crippen LogP) is 2.61. The SMILES string of the molecule is O=C(/C=C1/CN2CCC1CC2)N1CCC(C(O)c2ccccc2)CC1. The molecule has 1 aromatic carbocycles. The van der Waals surface area contributed by atoms with E-state index in [1.165, 1.54) is 31.5 Å². The van der Waals surface area contributed by atoms with Gasteiger partial charge in [-0.25, -0.2) is 0 Å². The van der Waals surface area contributed by atoms with Crippen LogP contribution in [0, 0.1) is 11.8 Å². The summed E-state index contributed by atoms with van der Waals surface area (Å²) in [5, 5.41) is 10.6. The molecule has 1 unspecified atom stereocenters. The van der Waals surface area contributed by atoms with Crippen molar-refractivity contribution in [2.24, 2.45) is 11.8 Å². The van der Waals surface area contributed by atoms with Gasteiger partial charge in [0.05, 0.1) is 6.10 Å². The quantitative estimate of drug-likeness (QED) is 0.860. The van der Waals surface area contributed by atoms with E-state index in [4.69, 9.17) is 0 Å². The minimum atomic E-state index is -0.418. The smallest absolute Gasteiger partial charge is 0.246 e. The predicted molar refractivity (Wildman–Crippen MR) is 98.0 cm³/mol. The maximum Gasteiger partial charge on any atom is 0.246 e. The monoisotopic (exact) mass is 340 g/mol. The largest absolute Gasteiger partial charge is 0.388 e. The number of nitrogens with zero attached hydrogens (tertiary/aromatic N) is 2. The molecule has 0 aromatic heterocycles. The molecule has 4 heterocycles. The standard InChI is InChI=1S/C21H28N2O2/c24-20(14-19-15-22-10-6-16(19)7-11-22)23-12-8-18(9-13-23)21(25)17-4-2-1-3-5-17/h1-5,14,16,18,21,25H,6-13,15H2/b19-14-. The molecule has 4 aliphatic heterocycles. The number of hydrogen-bond acceptors (Lipinski definition) is 3. The van der Waals surface area contributed by atoms with Crippen molar-refractivity contribution >= 4 is 5.91 Å². The summed E-state index contributed by atoms with van der Waals surface area (Å²) >= 11 is 0. The van der Waals surface area contributed by atoms with E-state index in [2.05, 4.69) is 4.90 Å². The van der Waals surface area contributed by atoms with Gasteiger partial charge in [-0.2, -0.15) is 0 Å². The van der Waals surface area contributed by atoms with E-state index in [9.17, 15) is 9.90 Å². The van der Waals surface area contributed by atoms with Gasteiger partial charge in [-0.3, -0.25) is 9.69 Å². The van der Waals surface area contributed by atoms with E-state index < -0.39 is 6.10 Å². The van der Waals surface area contributed by atoms with Gasteiger partial charge in [0.1, 0.15) is 0 Å². The lowest BCUT2D eigenvalue weighted by atomic mass is 9.83. The van der Waals surface area contributed by atoms with Crippen molar-refractivity contribution in [3.05, 3.63) is 47.5 Å². The first kappa shape index (κ1) is 16.8. The molecule has 4 heteroatoms. The van der Waals surface area contributed by atoms with Gasteiger partial charge in [0.25, 0.3) is 0 Å². The highest BCUT2D eigenvalue weighted by molar-refractivity contribution is 5.88. The molecular formula is C21H28N2O2. The average Bonchev–Trinajstić information content (AvgIpc) is 2.69. The number of rotatable bonds is 3. The molecule has 1 aromatic rings. The zero-order valence-electron chi connectivity index (χ0n) is 14.8. The first-order valence-corrected chi connectivity index (χ1v) is 9.65. The summed E-state index contributed by atoms with van der Waals surface area (Å²) in [6.07, 6.45) is 5.68. The molecule has 4 aliphatic rings. The van der Waals surface area contributed by atoms with Gasteiger partial charge in [0, 0.05) is 25.7 Å². The van der Waals surface area contributed by atoms with E-state index in [1.807, 2.05) is 41.3 Å². The second kappa shape index (κ2) is 7.30. The first-order valence-electron chi connectivity index (χ1n) is 9.65. The van der Waals surface area contributed by atoms with Crippen molar-refractivity contribution < 1.29 is 9.90 Å². The fourth-order valence-electron chi connectivity index (χ4n) is 4.62.